The van der Waals surface area contributed by atoms with Crippen LogP contribution in [0, 0.1) is 12.8 Å². The minimum absolute atomic E-state index is 0.0783. The molecule has 4 aromatic rings. The molecule has 8 heteroatoms. The van der Waals surface area contributed by atoms with Gasteiger partial charge in [0.05, 0.1) is 18.4 Å². The fourth-order valence-corrected chi connectivity index (χ4v) is 3.62. The lowest BCUT2D eigenvalue weighted by Crippen LogP contribution is -2.50. The van der Waals surface area contributed by atoms with E-state index in [2.05, 4.69) is 25.1 Å². The minimum atomic E-state index is -0.0783. The average Bonchev–Trinajstić information content (AvgIpc) is 3.14. The van der Waals surface area contributed by atoms with E-state index in [9.17, 15) is 4.79 Å². The molecule has 140 valence electrons. The molecular weight excluding hydrogens is 354 g/mol. The molecule has 0 amide bonds. The Labute approximate surface area is 161 Å². The highest BCUT2D eigenvalue weighted by Crippen LogP contribution is 2.26. The SMILES string of the molecule is Cc1cc(N2CC(Cn3nc(-c4ccncc4)ccc3=O)C2)n2nccc2n1. The summed E-state index contributed by atoms with van der Waals surface area (Å²) in [6, 6.07) is 11.1. The highest BCUT2D eigenvalue weighted by Gasteiger charge is 2.29. The maximum atomic E-state index is 12.3. The van der Waals surface area contributed by atoms with Crippen molar-refractivity contribution in [2.75, 3.05) is 18.0 Å². The van der Waals surface area contributed by atoms with E-state index in [1.807, 2.05) is 35.7 Å². The molecular formula is C20H19N7O. The molecule has 4 aromatic heterocycles. The second-order valence-electron chi connectivity index (χ2n) is 7.10. The third kappa shape index (κ3) is 2.92. The first-order valence-corrected chi connectivity index (χ1v) is 9.22. The van der Waals surface area contributed by atoms with E-state index in [0.29, 0.717) is 12.5 Å². The first-order chi connectivity index (χ1) is 13.7. The van der Waals surface area contributed by atoms with Gasteiger partial charge in [-0.05, 0) is 25.1 Å². The summed E-state index contributed by atoms with van der Waals surface area (Å²) in [5.74, 6) is 1.39. The van der Waals surface area contributed by atoms with E-state index in [0.717, 1.165) is 41.5 Å². The van der Waals surface area contributed by atoms with Gasteiger partial charge in [-0.2, -0.15) is 14.7 Å². The summed E-state index contributed by atoms with van der Waals surface area (Å²) < 4.78 is 3.43. The van der Waals surface area contributed by atoms with Crippen LogP contribution in [0.15, 0.2) is 59.8 Å². The van der Waals surface area contributed by atoms with Gasteiger partial charge in [-0.1, -0.05) is 0 Å². The fraction of sp³-hybridized carbons (Fsp3) is 0.250. The zero-order chi connectivity index (χ0) is 19.1. The van der Waals surface area contributed by atoms with E-state index in [-0.39, 0.29) is 5.56 Å². The van der Waals surface area contributed by atoms with Crippen LogP contribution in [0.3, 0.4) is 0 Å². The summed E-state index contributed by atoms with van der Waals surface area (Å²) >= 11 is 0. The minimum Gasteiger partial charge on any atom is -0.356 e. The van der Waals surface area contributed by atoms with Crippen LogP contribution in [0.1, 0.15) is 5.69 Å². The van der Waals surface area contributed by atoms with Crippen LogP contribution in [0.5, 0.6) is 0 Å². The molecule has 5 heterocycles. The molecule has 1 aliphatic rings. The zero-order valence-corrected chi connectivity index (χ0v) is 15.4. The number of hydrogen-bond acceptors (Lipinski definition) is 6. The molecule has 28 heavy (non-hydrogen) atoms. The summed E-state index contributed by atoms with van der Waals surface area (Å²) in [5, 5.41) is 8.92. The monoisotopic (exact) mass is 373 g/mol. The number of hydrogen-bond donors (Lipinski definition) is 0. The summed E-state index contributed by atoms with van der Waals surface area (Å²) in [6.45, 7) is 4.29. The average molecular weight is 373 g/mol. The predicted octanol–water partition coefficient (Wildman–Crippen LogP) is 1.79. The van der Waals surface area contributed by atoms with E-state index in [4.69, 9.17) is 0 Å². The van der Waals surface area contributed by atoms with Gasteiger partial charge in [0.25, 0.3) is 5.56 Å². The summed E-state index contributed by atoms with van der Waals surface area (Å²) in [7, 11) is 0. The number of rotatable bonds is 4. The Hall–Kier alpha value is -3.55. The topological polar surface area (TPSA) is 81.2 Å². The van der Waals surface area contributed by atoms with Gasteiger partial charge in [-0.3, -0.25) is 9.78 Å². The first-order valence-electron chi connectivity index (χ1n) is 9.22. The van der Waals surface area contributed by atoms with Crippen molar-refractivity contribution in [2.24, 2.45) is 5.92 Å². The Kier molecular flexibility index (Phi) is 3.89. The lowest BCUT2D eigenvalue weighted by Gasteiger charge is -2.40. The van der Waals surface area contributed by atoms with Crippen LogP contribution < -0.4 is 10.5 Å². The number of nitrogens with zero attached hydrogens (tertiary/aromatic N) is 7. The molecule has 0 saturated carbocycles. The summed E-state index contributed by atoms with van der Waals surface area (Å²) in [4.78, 5) is 23.0. The van der Waals surface area contributed by atoms with Crippen molar-refractivity contribution in [3.8, 4) is 11.3 Å². The highest BCUT2D eigenvalue weighted by atomic mass is 16.1. The predicted molar refractivity (Wildman–Crippen MR) is 105 cm³/mol. The quantitative estimate of drug-likeness (QED) is 0.543. The van der Waals surface area contributed by atoms with Crippen molar-refractivity contribution in [1.82, 2.24) is 29.4 Å². The Morgan fingerprint density at radius 3 is 2.71 bits per heavy atom. The summed E-state index contributed by atoms with van der Waals surface area (Å²) in [5.41, 5.74) is 3.47. The Morgan fingerprint density at radius 2 is 1.89 bits per heavy atom. The van der Waals surface area contributed by atoms with Crippen molar-refractivity contribution >= 4 is 11.5 Å². The normalized spacial score (nSPS) is 14.4. The van der Waals surface area contributed by atoms with Crippen LogP contribution in [0.25, 0.3) is 16.9 Å². The van der Waals surface area contributed by atoms with Gasteiger partial charge in [0.2, 0.25) is 0 Å². The van der Waals surface area contributed by atoms with Crippen molar-refractivity contribution in [1.29, 1.82) is 0 Å². The molecule has 8 nitrogen and oxygen atoms in total. The third-order valence-corrected chi connectivity index (χ3v) is 5.02. The van der Waals surface area contributed by atoms with E-state index in [1.165, 1.54) is 0 Å². The van der Waals surface area contributed by atoms with Gasteiger partial charge in [0.1, 0.15) is 5.82 Å². The van der Waals surface area contributed by atoms with Crippen LogP contribution >= 0.6 is 0 Å². The fourth-order valence-electron chi connectivity index (χ4n) is 3.62. The van der Waals surface area contributed by atoms with Crippen LogP contribution in [0.4, 0.5) is 5.82 Å². The molecule has 1 aliphatic heterocycles. The molecule has 0 N–H and O–H groups in total. The zero-order valence-electron chi connectivity index (χ0n) is 15.4. The van der Waals surface area contributed by atoms with Gasteiger partial charge in [0, 0.05) is 60.9 Å². The van der Waals surface area contributed by atoms with Crippen molar-refractivity contribution < 1.29 is 0 Å². The number of fused-ring (bicyclic) bond motifs is 1. The number of aromatic nitrogens is 6. The first kappa shape index (κ1) is 16.6. The van der Waals surface area contributed by atoms with E-state index in [1.54, 1.807) is 35.4 Å². The Balaban J connectivity index is 1.34. The molecule has 0 aromatic carbocycles. The maximum Gasteiger partial charge on any atom is 0.266 e. The van der Waals surface area contributed by atoms with Gasteiger partial charge in [-0.15, -0.1) is 0 Å². The largest absolute Gasteiger partial charge is 0.356 e. The maximum absolute atomic E-state index is 12.3. The molecule has 0 bridgehead atoms. The molecule has 0 radical (unpaired) electrons. The lowest BCUT2D eigenvalue weighted by atomic mass is 10.0. The number of anilines is 1. The van der Waals surface area contributed by atoms with Crippen molar-refractivity contribution in [3.05, 3.63) is 71.0 Å². The van der Waals surface area contributed by atoms with Crippen LogP contribution in [0.2, 0.25) is 0 Å². The van der Waals surface area contributed by atoms with Gasteiger partial charge < -0.3 is 4.90 Å². The van der Waals surface area contributed by atoms with Gasteiger partial charge >= 0.3 is 0 Å². The second kappa shape index (κ2) is 6.56. The van der Waals surface area contributed by atoms with Crippen LogP contribution in [-0.2, 0) is 6.54 Å². The van der Waals surface area contributed by atoms with E-state index >= 15 is 0 Å². The highest BCUT2D eigenvalue weighted by molar-refractivity contribution is 5.57. The van der Waals surface area contributed by atoms with E-state index < -0.39 is 0 Å². The second-order valence-corrected chi connectivity index (χ2v) is 7.10. The molecule has 0 spiro atoms. The molecule has 1 saturated heterocycles. The molecule has 0 unspecified atom stereocenters. The van der Waals surface area contributed by atoms with Crippen molar-refractivity contribution in [3.63, 3.8) is 0 Å². The Morgan fingerprint density at radius 1 is 1.07 bits per heavy atom. The molecule has 0 aliphatic carbocycles. The smallest absolute Gasteiger partial charge is 0.266 e. The molecule has 0 atom stereocenters. The van der Waals surface area contributed by atoms with Gasteiger partial charge in [-0.25, -0.2) is 9.67 Å². The number of pyridine rings is 1. The molecule has 1 fully saturated rings. The van der Waals surface area contributed by atoms with Gasteiger partial charge in [0.15, 0.2) is 5.65 Å². The summed E-state index contributed by atoms with van der Waals surface area (Å²) in [6.07, 6.45) is 5.21. The Bertz CT molecular complexity index is 1190. The molecule has 5 rings (SSSR count). The number of aryl methyl sites for hydroxylation is 1. The lowest BCUT2D eigenvalue weighted by molar-refractivity contribution is 0.332. The van der Waals surface area contributed by atoms with Crippen LogP contribution in [-0.4, -0.2) is 42.5 Å². The van der Waals surface area contributed by atoms with Crippen molar-refractivity contribution in [2.45, 2.75) is 13.5 Å². The third-order valence-electron chi connectivity index (χ3n) is 5.02. The standard InChI is InChI=1S/C20H19N7O/c1-14-10-19(27-18(23-14)6-9-22-27)25-11-15(12-25)13-26-20(28)3-2-17(24-26)16-4-7-21-8-5-16/h2-10,15H,11-13H2,1H3.